The number of anilines is 1. The van der Waals surface area contributed by atoms with Gasteiger partial charge in [-0.25, -0.2) is 4.79 Å². The molecule has 1 aliphatic carbocycles. The van der Waals surface area contributed by atoms with Crippen LogP contribution in [0.4, 0.5) is 10.5 Å². The summed E-state index contributed by atoms with van der Waals surface area (Å²) in [5.74, 6) is -4.13. The second-order valence-electron chi connectivity index (χ2n) is 5.79. The van der Waals surface area contributed by atoms with Crippen LogP contribution in [0.15, 0.2) is 18.1 Å². The van der Waals surface area contributed by atoms with Crippen molar-refractivity contribution in [3.8, 4) is 0 Å². The van der Waals surface area contributed by atoms with E-state index < -0.39 is 116 Å². The van der Waals surface area contributed by atoms with Gasteiger partial charge in [0.15, 0.2) is 0 Å². The summed E-state index contributed by atoms with van der Waals surface area (Å²) in [7, 11) is 2.16. The fourth-order valence-corrected chi connectivity index (χ4v) is 2.12. The van der Waals surface area contributed by atoms with Gasteiger partial charge < -0.3 is 15.1 Å². The maximum atomic E-state index is 12.5. The summed E-state index contributed by atoms with van der Waals surface area (Å²) in [6, 6.07) is -7.99. The lowest BCUT2D eigenvalue weighted by molar-refractivity contribution is 0.194. The first-order valence-corrected chi connectivity index (χ1v) is 8.44. The number of nitrogens with one attached hydrogen (secondary N) is 1. The first kappa shape index (κ1) is 6.52. The van der Waals surface area contributed by atoms with E-state index >= 15 is 0 Å². The first-order valence-electron chi connectivity index (χ1n) is 19.6. The van der Waals surface area contributed by atoms with Crippen LogP contribution < -0.4 is 10.2 Å². The molecule has 0 bridgehead atoms. The molecule has 6 heteroatoms. The molecule has 0 atom stereocenters. The number of rotatable bonds is 5. The Morgan fingerprint density at radius 3 is 2.64 bits per heavy atom. The largest absolute Gasteiger partial charge is 0.368 e. The van der Waals surface area contributed by atoms with Crippen LogP contribution >= 0.6 is 11.6 Å². The van der Waals surface area contributed by atoms with Crippen LogP contribution in [0.3, 0.4) is 0 Å². The number of benzene rings is 1. The summed E-state index contributed by atoms with van der Waals surface area (Å²) in [5, 5.41) is 0.845. The van der Waals surface area contributed by atoms with Gasteiger partial charge in [0, 0.05) is 66.7 Å². The molecule has 0 radical (unpaired) electrons. The lowest BCUT2D eigenvalue weighted by Gasteiger charge is -2.37. The Morgan fingerprint density at radius 2 is 2.00 bits per heavy atom. The van der Waals surface area contributed by atoms with Crippen molar-refractivity contribution in [2.24, 2.45) is 5.89 Å². The standard InChI is InChI=1S/C22H35ClN4O/c1-17-5-4-6-20(21(17)23)27-15-13-26(14-16-27)12-11-18-7-9-19(10-8-18)24-22(28)25(2)3/h4-6,18-19H,7-16H2,1-3H3,(H,24,28)/t18-,19-/i4D,5D,6D,7D2,8D2,9D2,10D2,12D2,13D2,14D2,15D2,16D2,18D,19D. The lowest BCUT2D eigenvalue weighted by atomic mass is 9.84. The van der Waals surface area contributed by atoms with Gasteiger partial charge in [0.05, 0.1) is 21.7 Å². The summed E-state index contributed by atoms with van der Waals surface area (Å²) >= 11 is 6.26. The Labute approximate surface area is 207 Å². The maximum absolute atomic E-state index is 12.5. The van der Waals surface area contributed by atoms with Crippen LogP contribution in [-0.2, 0) is 0 Å². The Hall–Kier alpha value is -1.46. The molecule has 28 heavy (non-hydrogen) atoms. The highest BCUT2D eigenvalue weighted by atomic mass is 35.5. The average Bonchev–Trinajstić information content (AvgIpc) is 2.94. The summed E-state index contributed by atoms with van der Waals surface area (Å²) in [5.41, 5.74) is -1.41. The van der Waals surface area contributed by atoms with Crippen molar-refractivity contribution < 1.29 is 36.3 Å². The van der Waals surface area contributed by atoms with Crippen molar-refractivity contribution in [1.29, 1.82) is 0 Å². The van der Waals surface area contributed by atoms with E-state index in [0.717, 1.165) is 21.0 Å². The van der Waals surface area contributed by atoms with Gasteiger partial charge in [-0.2, -0.15) is 0 Å². The number of carbonyl (C=O) groups is 1. The fourth-order valence-electron chi connectivity index (χ4n) is 1.94. The molecular weight excluding hydrogens is 372 g/mol. The van der Waals surface area contributed by atoms with E-state index in [-0.39, 0.29) is 10.5 Å². The molecule has 1 saturated carbocycles. The van der Waals surface area contributed by atoms with E-state index in [1.807, 2.05) is 0 Å². The smallest absolute Gasteiger partial charge is 0.317 e. The number of carbonyl (C=O) groups excluding carboxylic acids is 1. The topological polar surface area (TPSA) is 38.8 Å². The number of halogens is 1. The van der Waals surface area contributed by atoms with Gasteiger partial charge in [0.25, 0.3) is 0 Å². The van der Waals surface area contributed by atoms with Gasteiger partial charge in [-0.3, -0.25) is 4.90 Å². The van der Waals surface area contributed by atoms with E-state index in [1.165, 1.54) is 0 Å². The lowest BCUT2D eigenvalue weighted by Crippen LogP contribution is -2.47. The number of amides is 2. The highest BCUT2D eigenvalue weighted by molar-refractivity contribution is 6.34. The van der Waals surface area contributed by atoms with Crippen molar-refractivity contribution in [3.05, 3.63) is 28.7 Å². The van der Waals surface area contributed by atoms with E-state index in [9.17, 15) is 4.79 Å². The Kier molecular flexibility index (Phi) is 2.29. The third-order valence-corrected chi connectivity index (χ3v) is 3.93. The van der Waals surface area contributed by atoms with Gasteiger partial charge in [-0.05, 0) is 62.8 Å². The predicted molar refractivity (Wildman–Crippen MR) is 117 cm³/mol. The zero-order valence-corrected chi connectivity index (χ0v) is 16.1. The molecule has 1 aliphatic heterocycles. The van der Waals surface area contributed by atoms with Gasteiger partial charge >= 0.3 is 6.03 Å². The van der Waals surface area contributed by atoms with Crippen LogP contribution in [0.2, 0.25) is 5.02 Å². The molecule has 1 heterocycles. The minimum absolute atomic E-state index is 0.281. The maximum Gasteiger partial charge on any atom is 0.317 e. The van der Waals surface area contributed by atoms with E-state index in [0.29, 0.717) is 4.90 Å². The number of piperazine rings is 1. The van der Waals surface area contributed by atoms with Crippen molar-refractivity contribution in [1.82, 2.24) is 15.1 Å². The second kappa shape index (κ2) is 9.84. The summed E-state index contributed by atoms with van der Waals surface area (Å²) in [6.07, 6.45) is -18.9. The molecule has 156 valence electrons. The van der Waals surface area contributed by atoms with E-state index in [4.69, 9.17) is 43.1 Å². The molecule has 0 unspecified atom stereocenters. The van der Waals surface area contributed by atoms with Gasteiger partial charge in [0.2, 0.25) is 0 Å². The van der Waals surface area contributed by atoms with Gasteiger partial charge in [0.1, 0.15) is 0 Å². The van der Waals surface area contributed by atoms with E-state index in [1.54, 1.807) is 5.32 Å². The molecule has 5 nitrogen and oxygen atoms in total. The molecule has 0 spiro atoms. The number of nitrogens with zero attached hydrogens (tertiary/aromatic N) is 3. The van der Waals surface area contributed by atoms with Crippen molar-refractivity contribution in [2.75, 3.05) is 51.5 Å². The zero-order chi connectivity index (χ0) is 40.7. The van der Waals surface area contributed by atoms with Crippen LogP contribution in [0.1, 0.15) is 69.0 Å². The minimum Gasteiger partial charge on any atom is -0.368 e. The average molecular weight is 430 g/mol. The van der Waals surface area contributed by atoms with Crippen LogP contribution in [0.5, 0.6) is 0 Å². The molecule has 2 amide bonds. The Bertz CT molecular complexity index is 1530. The third kappa shape index (κ3) is 5.54. The van der Waals surface area contributed by atoms with Crippen LogP contribution in [0.25, 0.3) is 0 Å². The molecule has 1 aromatic carbocycles. The SMILES string of the molecule is [2H]c1c([2H])c(C)c(Cl)c(N2C([2H])([2H])C([2H])([2H])N(C([2H])([2H])C[C@]3([2H])C([2H])([2H])C([2H])([2H])[C@@]([2H])(NC(=O)N(C)C)C([2H])([2H])C3([2H])[2H])C([2H])([2H])C2([2H])[2H])c1[2H]. The van der Waals surface area contributed by atoms with E-state index in [2.05, 4.69) is 0 Å². The molecule has 0 aromatic heterocycles. The highest BCUT2D eigenvalue weighted by Crippen LogP contribution is 2.30. The van der Waals surface area contributed by atoms with Crippen LogP contribution in [0, 0.1) is 12.8 Å². The van der Waals surface area contributed by atoms with Gasteiger partial charge in [-0.15, -0.1) is 0 Å². The monoisotopic (exact) mass is 429 g/mol. The predicted octanol–water partition coefficient (Wildman–Crippen LogP) is 3.99. The van der Waals surface area contributed by atoms with Gasteiger partial charge in [-0.1, -0.05) is 23.7 Å². The number of urea groups is 1. The normalized spacial score (nSPS) is 55.7. The third-order valence-electron chi connectivity index (χ3n) is 3.47. The summed E-state index contributed by atoms with van der Waals surface area (Å²) < 4.78 is 198. The van der Waals surface area contributed by atoms with Crippen molar-refractivity contribution >= 4 is 23.3 Å². The molecule has 2 aliphatic rings. The first-order chi connectivity index (χ1) is 22.2. The molecular formula is C22H35ClN4O. The Balaban J connectivity index is 2.35. The zero-order valence-electron chi connectivity index (χ0n) is 38.3. The second-order valence-corrected chi connectivity index (χ2v) is 6.17. The highest BCUT2D eigenvalue weighted by Gasteiger charge is 2.24. The van der Waals surface area contributed by atoms with Crippen LogP contribution in [-0.4, -0.2) is 68.4 Å². The Morgan fingerprint density at radius 1 is 1.32 bits per heavy atom. The number of hydrogen-bond donors (Lipinski definition) is 1. The molecule has 1 N–H and O–H groups in total. The molecule has 1 saturated heterocycles. The van der Waals surface area contributed by atoms with Crippen molar-refractivity contribution in [2.45, 2.75) is 44.9 Å². The van der Waals surface area contributed by atoms with Crippen molar-refractivity contribution in [3.63, 3.8) is 0 Å². The molecule has 3 rings (SSSR count). The summed E-state index contributed by atoms with van der Waals surface area (Å²) in [4.78, 5) is 12.2. The quantitative estimate of drug-likeness (QED) is 0.768. The number of hydrogen-bond acceptors (Lipinski definition) is 3. The fraction of sp³-hybridized carbons (Fsp3) is 0.682. The summed E-state index contributed by atoms with van der Waals surface area (Å²) in [6.45, 7) is -19.4. The molecule has 2 fully saturated rings. The molecule has 1 aromatic rings. The minimum atomic E-state index is -4.23.